The number of oxazole rings is 1. The number of hydrogen-bond donors (Lipinski definition) is 1. The number of aromatic nitrogens is 1. The summed E-state index contributed by atoms with van der Waals surface area (Å²) in [5.41, 5.74) is -0.334. The third-order valence-corrected chi connectivity index (χ3v) is 5.30. The van der Waals surface area contributed by atoms with Gasteiger partial charge in [-0.3, -0.25) is 4.79 Å². The summed E-state index contributed by atoms with van der Waals surface area (Å²) in [7, 11) is 0. The molecule has 3 heterocycles. The lowest BCUT2D eigenvalue weighted by atomic mass is 9.92. The highest BCUT2D eigenvalue weighted by Crippen LogP contribution is 2.41. The van der Waals surface area contributed by atoms with E-state index in [1.165, 1.54) is 19.2 Å². The first-order valence-corrected chi connectivity index (χ1v) is 8.82. The maximum Gasteiger partial charge on any atom is 0.276 e. The second-order valence-electron chi connectivity index (χ2n) is 7.38. The Morgan fingerprint density at radius 2 is 2.09 bits per heavy atom. The quantitative estimate of drug-likeness (QED) is 0.913. The van der Waals surface area contributed by atoms with Gasteiger partial charge in [0.05, 0.1) is 12.1 Å². The summed E-state index contributed by atoms with van der Waals surface area (Å²) in [5.74, 6) is 1.02. The van der Waals surface area contributed by atoms with Crippen molar-refractivity contribution in [2.24, 2.45) is 0 Å². The fourth-order valence-corrected chi connectivity index (χ4v) is 3.97. The summed E-state index contributed by atoms with van der Waals surface area (Å²) >= 11 is 0. The maximum absolute atomic E-state index is 12.8. The molecular formula is C17H25N3O3. The fraction of sp³-hybridized carbons (Fsp3) is 0.765. The van der Waals surface area contributed by atoms with E-state index in [1.54, 1.807) is 4.90 Å². The first kappa shape index (κ1) is 15.1. The average Bonchev–Trinajstić information content (AvgIpc) is 3.05. The topological polar surface area (TPSA) is 69.8 Å². The molecule has 6 heteroatoms. The van der Waals surface area contributed by atoms with Gasteiger partial charge in [0, 0.05) is 19.0 Å². The predicted octanol–water partition coefficient (Wildman–Crippen LogP) is 1.61. The van der Waals surface area contributed by atoms with Crippen LogP contribution < -0.4 is 0 Å². The van der Waals surface area contributed by atoms with Crippen LogP contribution in [0.5, 0.6) is 0 Å². The van der Waals surface area contributed by atoms with Crippen LogP contribution in [0.15, 0.2) is 10.8 Å². The zero-order valence-electron chi connectivity index (χ0n) is 13.5. The van der Waals surface area contributed by atoms with Gasteiger partial charge in [-0.2, -0.15) is 0 Å². The fourth-order valence-electron chi connectivity index (χ4n) is 3.97. The molecule has 4 rings (SSSR count). The lowest BCUT2D eigenvalue weighted by molar-refractivity contribution is -0.0432. The molecule has 3 fully saturated rings. The Bertz CT molecular complexity index is 577. The number of β-amino-alcohol motifs (C(OH)–C–C–N with tert-alkyl or cyclic N) is 1. The Hall–Kier alpha value is -1.40. The Kier molecular flexibility index (Phi) is 3.89. The van der Waals surface area contributed by atoms with Crippen molar-refractivity contribution in [3.05, 3.63) is 17.8 Å². The minimum atomic E-state index is -0.790. The second kappa shape index (κ2) is 5.91. The molecule has 1 aliphatic carbocycles. The van der Waals surface area contributed by atoms with Gasteiger partial charge in [-0.15, -0.1) is 0 Å². The Labute approximate surface area is 136 Å². The minimum absolute atomic E-state index is 0.0832. The molecule has 2 saturated heterocycles. The van der Waals surface area contributed by atoms with Crippen LogP contribution in [0, 0.1) is 0 Å². The molecule has 0 aromatic carbocycles. The molecular weight excluding hydrogens is 294 g/mol. The number of amides is 1. The van der Waals surface area contributed by atoms with Crippen molar-refractivity contribution >= 4 is 5.91 Å². The molecule has 1 unspecified atom stereocenters. The summed E-state index contributed by atoms with van der Waals surface area (Å²) in [5, 5.41) is 11.0. The van der Waals surface area contributed by atoms with E-state index in [0.29, 0.717) is 31.2 Å². The van der Waals surface area contributed by atoms with Gasteiger partial charge < -0.3 is 19.3 Å². The van der Waals surface area contributed by atoms with Crippen molar-refractivity contribution in [1.29, 1.82) is 0 Å². The van der Waals surface area contributed by atoms with Crippen molar-refractivity contribution in [2.45, 2.75) is 50.0 Å². The molecule has 1 amide bonds. The van der Waals surface area contributed by atoms with Crippen LogP contribution in [0.1, 0.15) is 60.7 Å². The number of hydrogen-bond acceptors (Lipinski definition) is 5. The third kappa shape index (κ3) is 3.15. The van der Waals surface area contributed by atoms with Crippen LogP contribution in [0.3, 0.4) is 0 Å². The van der Waals surface area contributed by atoms with Gasteiger partial charge in [-0.05, 0) is 51.6 Å². The third-order valence-electron chi connectivity index (χ3n) is 5.30. The Balaban J connectivity index is 1.45. The lowest BCUT2D eigenvalue weighted by Crippen LogP contribution is -2.55. The number of carbonyl (C=O) groups is 1. The summed E-state index contributed by atoms with van der Waals surface area (Å²) in [6.07, 6.45) is 7.56. The van der Waals surface area contributed by atoms with E-state index < -0.39 is 5.60 Å². The van der Waals surface area contributed by atoms with E-state index in [9.17, 15) is 9.90 Å². The van der Waals surface area contributed by atoms with Crippen molar-refractivity contribution in [3.8, 4) is 0 Å². The number of carbonyl (C=O) groups excluding carboxylic acids is 1. The molecule has 0 bridgehead atoms. The molecule has 126 valence electrons. The van der Waals surface area contributed by atoms with Gasteiger partial charge in [0.15, 0.2) is 12.1 Å². The zero-order chi connectivity index (χ0) is 15.9. The summed E-state index contributed by atoms with van der Waals surface area (Å²) in [4.78, 5) is 21.1. The van der Waals surface area contributed by atoms with Gasteiger partial charge in [0.1, 0.15) is 5.76 Å². The van der Waals surface area contributed by atoms with Crippen LogP contribution >= 0.6 is 0 Å². The van der Waals surface area contributed by atoms with Gasteiger partial charge in [-0.1, -0.05) is 0 Å². The highest BCUT2D eigenvalue weighted by molar-refractivity contribution is 5.93. The lowest BCUT2D eigenvalue weighted by Gasteiger charge is -2.41. The first-order chi connectivity index (χ1) is 11.1. The van der Waals surface area contributed by atoms with Crippen molar-refractivity contribution in [2.75, 3.05) is 32.7 Å². The van der Waals surface area contributed by atoms with Crippen molar-refractivity contribution in [3.63, 3.8) is 0 Å². The van der Waals surface area contributed by atoms with Crippen molar-refractivity contribution < 1.29 is 14.3 Å². The average molecular weight is 319 g/mol. The highest BCUT2D eigenvalue weighted by Gasteiger charge is 2.40. The van der Waals surface area contributed by atoms with Gasteiger partial charge >= 0.3 is 0 Å². The van der Waals surface area contributed by atoms with Crippen molar-refractivity contribution in [1.82, 2.24) is 14.8 Å². The number of aliphatic hydroxyl groups is 1. The molecule has 2 aliphatic heterocycles. The first-order valence-electron chi connectivity index (χ1n) is 8.82. The molecule has 6 nitrogen and oxygen atoms in total. The molecule has 1 aromatic rings. The summed E-state index contributed by atoms with van der Waals surface area (Å²) in [6.45, 7) is 3.89. The largest absolute Gasteiger partial charge is 0.447 e. The monoisotopic (exact) mass is 319 g/mol. The van der Waals surface area contributed by atoms with E-state index in [-0.39, 0.29) is 5.91 Å². The van der Waals surface area contributed by atoms with E-state index in [2.05, 4.69) is 9.88 Å². The van der Waals surface area contributed by atoms with E-state index in [0.717, 1.165) is 44.5 Å². The molecule has 23 heavy (non-hydrogen) atoms. The second-order valence-corrected chi connectivity index (χ2v) is 7.38. The molecule has 1 aromatic heterocycles. The summed E-state index contributed by atoms with van der Waals surface area (Å²) in [6, 6.07) is 0. The maximum atomic E-state index is 12.8. The van der Waals surface area contributed by atoms with Crippen LogP contribution in [0.2, 0.25) is 0 Å². The SMILES string of the molecule is O=C(c1ncoc1C1CC1)N1CCCC(O)(CN2CCCC2)C1. The minimum Gasteiger partial charge on any atom is -0.447 e. The van der Waals surface area contributed by atoms with E-state index >= 15 is 0 Å². The smallest absolute Gasteiger partial charge is 0.276 e. The predicted molar refractivity (Wildman–Crippen MR) is 84.2 cm³/mol. The number of rotatable bonds is 4. The summed E-state index contributed by atoms with van der Waals surface area (Å²) < 4.78 is 5.43. The number of likely N-dealkylation sites (tertiary alicyclic amines) is 2. The van der Waals surface area contributed by atoms with E-state index in [1.807, 2.05) is 0 Å². The molecule has 3 aliphatic rings. The molecule has 1 saturated carbocycles. The molecule has 1 N–H and O–H groups in total. The van der Waals surface area contributed by atoms with Gasteiger partial charge in [-0.25, -0.2) is 4.98 Å². The van der Waals surface area contributed by atoms with Gasteiger partial charge in [0.2, 0.25) is 0 Å². The normalized spacial score (nSPS) is 29.2. The number of piperidine rings is 1. The van der Waals surface area contributed by atoms with Crippen LogP contribution in [-0.4, -0.2) is 64.1 Å². The molecule has 1 atom stereocenters. The molecule has 0 spiro atoms. The standard InChI is InChI=1S/C17H25N3O3/c21-16(14-15(13-4-5-13)23-12-18-14)20-9-3-6-17(22,11-20)10-19-7-1-2-8-19/h12-13,22H,1-11H2. The van der Waals surface area contributed by atoms with Crippen LogP contribution in [-0.2, 0) is 0 Å². The Morgan fingerprint density at radius 3 is 2.83 bits per heavy atom. The number of nitrogens with zero attached hydrogens (tertiary/aromatic N) is 3. The van der Waals surface area contributed by atoms with Crippen LogP contribution in [0.4, 0.5) is 0 Å². The van der Waals surface area contributed by atoms with E-state index in [4.69, 9.17) is 4.42 Å². The van der Waals surface area contributed by atoms with Gasteiger partial charge in [0.25, 0.3) is 5.91 Å². The molecule has 0 radical (unpaired) electrons. The highest BCUT2D eigenvalue weighted by atomic mass is 16.3. The Morgan fingerprint density at radius 1 is 1.30 bits per heavy atom. The van der Waals surface area contributed by atoms with Crippen LogP contribution in [0.25, 0.3) is 0 Å². The zero-order valence-corrected chi connectivity index (χ0v) is 13.5.